The molecule has 0 radical (unpaired) electrons. The van der Waals surface area contributed by atoms with Crippen molar-refractivity contribution in [3.63, 3.8) is 0 Å². The van der Waals surface area contributed by atoms with Crippen LogP contribution in [-0.4, -0.2) is 58.1 Å². The lowest BCUT2D eigenvalue weighted by atomic mass is 9.77. The lowest BCUT2D eigenvalue weighted by Gasteiger charge is -2.38. The number of amides is 2. The highest BCUT2D eigenvalue weighted by molar-refractivity contribution is 5.95. The third kappa shape index (κ3) is 2.87. The second-order valence-electron chi connectivity index (χ2n) is 6.78. The molecule has 2 aliphatic rings. The van der Waals surface area contributed by atoms with E-state index in [9.17, 15) is 22.8 Å². The third-order valence-electron chi connectivity index (χ3n) is 4.96. The van der Waals surface area contributed by atoms with Gasteiger partial charge in [0.2, 0.25) is 5.91 Å². The molecule has 0 N–H and O–H groups in total. The Morgan fingerprint density at radius 2 is 1.88 bits per heavy atom. The summed E-state index contributed by atoms with van der Waals surface area (Å²) in [7, 11) is 3.11. The van der Waals surface area contributed by atoms with Gasteiger partial charge in [-0.1, -0.05) is 0 Å². The summed E-state index contributed by atoms with van der Waals surface area (Å²) in [6.07, 6.45) is -1.86. The lowest BCUT2D eigenvalue weighted by molar-refractivity contribution is -0.141. The fourth-order valence-corrected chi connectivity index (χ4v) is 3.65. The van der Waals surface area contributed by atoms with Crippen LogP contribution in [0.1, 0.15) is 35.3 Å². The molecular formula is C15H19F3N4O2. The molecular weight excluding hydrogens is 325 g/mol. The van der Waals surface area contributed by atoms with Gasteiger partial charge in [0, 0.05) is 51.8 Å². The van der Waals surface area contributed by atoms with Gasteiger partial charge in [-0.25, -0.2) is 0 Å². The zero-order valence-electron chi connectivity index (χ0n) is 13.6. The molecule has 0 bridgehead atoms. The van der Waals surface area contributed by atoms with Gasteiger partial charge in [0.1, 0.15) is 0 Å². The minimum absolute atomic E-state index is 0.0846. The summed E-state index contributed by atoms with van der Waals surface area (Å²) in [6.45, 7) is 1.35. The van der Waals surface area contributed by atoms with Crippen LogP contribution in [0.2, 0.25) is 0 Å². The van der Waals surface area contributed by atoms with E-state index in [0.717, 1.165) is 10.9 Å². The van der Waals surface area contributed by atoms with Crippen LogP contribution >= 0.6 is 0 Å². The highest BCUT2D eigenvalue weighted by Crippen LogP contribution is 2.41. The first kappa shape index (κ1) is 16.8. The average molecular weight is 344 g/mol. The number of hydrogen-bond donors (Lipinski definition) is 0. The fourth-order valence-electron chi connectivity index (χ4n) is 3.65. The van der Waals surface area contributed by atoms with E-state index in [2.05, 4.69) is 5.10 Å². The molecule has 2 saturated heterocycles. The Morgan fingerprint density at radius 3 is 2.38 bits per heavy atom. The van der Waals surface area contributed by atoms with E-state index in [0.29, 0.717) is 38.9 Å². The Hall–Kier alpha value is -2.06. The van der Waals surface area contributed by atoms with Crippen molar-refractivity contribution in [3.8, 4) is 0 Å². The predicted octanol–water partition coefficient (Wildman–Crippen LogP) is 1.52. The summed E-state index contributed by atoms with van der Waals surface area (Å²) in [5, 5.41) is 3.38. The first-order valence-corrected chi connectivity index (χ1v) is 7.75. The van der Waals surface area contributed by atoms with Gasteiger partial charge >= 0.3 is 6.18 Å². The van der Waals surface area contributed by atoms with E-state index >= 15 is 0 Å². The Kier molecular flexibility index (Phi) is 3.84. The van der Waals surface area contributed by atoms with Crippen LogP contribution in [0.5, 0.6) is 0 Å². The topological polar surface area (TPSA) is 58.4 Å². The lowest BCUT2D eigenvalue weighted by Crippen LogP contribution is -2.44. The molecule has 0 saturated carbocycles. The number of hydrogen-bond acceptors (Lipinski definition) is 3. The highest BCUT2D eigenvalue weighted by atomic mass is 19.4. The van der Waals surface area contributed by atoms with Gasteiger partial charge in [-0.2, -0.15) is 18.3 Å². The van der Waals surface area contributed by atoms with Gasteiger partial charge in [0.05, 0.1) is 5.56 Å². The van der Waals surface area contributed by atoms with Crippen molar-refractivity contribution in [1.29, 1.82) is 0 Å². The molecule has 0 atom stereocenters. The standard InChI is InChI=1S/C15H19F3N4O2/c1-20-9-14(7-11(20)23)3-5-22(6-4-14)13(24)10-8-21(2)19-12(10)15(16,17)18/h8H,3-7,9H2,1-2H3. The van der Waals surface area contributed by atoms with Gasteiger partial charge in [-0.3, -0.25) is 14.3 Å². The number of piperidine rings is 1. The molecule has 1 aromatic heterocycles. The molecule has 1 spiro atoms. The molecule has 2 aliphatic heterocycles. The smallest absolute Gasteiger partial charge is 0.345 e. The molecule has 1 aromatic rings. The van der Waals surface area contributed by atoms with Crippen molar-refractivity contribution < 1.29 is 22.8 Å². The Bertz CT molecular complexity index is 675. The van der Waals surface area contributed by atoms with Gasteiger partial charge in [-0.15, -0.1) is 0 Å². The van der Waals surface area contributed by atoms with Crippen molar-refractivity contribution in [2.75, 3.05) is 26.7 Å². The van der Waals surface area contributed by atoms with Gasteiger partial charge < -0.3 is 9.80 Å². The van der Waals surface area contributed by atoms with E-state index in [1.54, 1.807) is 11.9 Å². The second-order valence-corrected chi connectivity index (χ2v) is 6.78. The van der Waals surface area contributed by atoms with Crippen molar-refractivity contribution in [2.24, 2.45) is 12.5 Å². The number of rotatable bonds is 1. The largest absolute Gasteiger partial charge is 0.435 e. The summed E-state index contributed by atoms with van der Waals surface area (Å²) in [4.78, 5) is 27.4. The Balaban J connectivity index is 1.74. The minimum Gasteiger partial charge on any atom is -0.345 e. The molecule has 6 nitrogen and oxygen atoms in total. The summed E-state index contributed by atoms with van der Waals surface area (Å²) in [6, 6.07) is 0. The number of alkyl halides is 3. The first-order chi connectivity index (χ1) is 11.1. The molecule has 3 rings (SSSR count). The summed E-state index contributed by atoms with van der Waals surface area (Å²) in [5.74, 6) is -0.565. The van der Waals surface area contributed by atoms with Crippen LogP contribution in [0, 0.1) is 5.41 Å². The number of carbonyl (C=O) groups is 2. The summed E-state index contributed by atoms with van der Waals surface area (Å²) >= 11 is 0. The number of aryl methyl sites for hydroxylation is 1. The summed E-state index contributed by atoms with van der Waals surface area (Å²) < 4.78 is 40.1. The maximum atomic E-state index is 13.0. The quantitative estimate of drug-likeness (QED) is 0.776. The molecule has 24 heavy (non-hydrogen) atoms. The molecule has 132 valence electrons. The van der Waals surface area contributed by atoms with Crippen molar-refractivity contribution in [2.45, 2.75) is 25.4 Å². The van der Waals surface area contributed by atoms with Gasteiger partial charge in [0.15, 0.2) is 5.69 Å². The normalized spacial score (nSPS) is 21.0. The third-order valence-corrected chi connectivity index (χ3v) is 4.96. The minimum atomic E-state index is -4.66. The number of halogens is 3. The van der Waals surface area contributed by atoms with Gasteiger partial charge in [-0.05, 0) is 12.8 Å². The molecule has 2 fully saturated rings. The zero-order chi connectivity index (χ0) is 17.7. The molecule has 0 aliphatic carbocycles. The molecule has 2 amide bonds. The summed E-state index contributed by atoms with van der Waals surface area (Å²) in [5.41, 5.74) is -1.71. The number of carbonyl (C=O) groups excluding carboxylic acids is 2. The van der Waals surface area contributed by atoms with Crippen molar-refractivity contribution in [1.82, 2.24) is 19.6 Å². The van der Waals surface area contributed by atoms with E-state index in [1.165, 1.54) is 11.9 Å². The number of likely N-dealkylation sites (tertiary alicyclic amines) is 2. The highest BCUT2D eigenvalue weighted by Gasteiger charge is 2.45. The predicted molar refractivity (Wildman–Crippen MR) is 78.0 cm³/mol. The SMILES string of the molecule is CN1CC2(CCN(C(=O)c3cn(C)nc3C(F)(F)F)CC2)CC1=O. The van der Waals surface area contributed by atoms with Crippen LogP contribution in [0.3, 0.4) is 0 Å². The van der Waals surface area contributed by atoms with Crippen LogP contribution < -0.4 is 0 Å². The van der Waals surface area contributed by atoms with Crippen molar-refractivity contribution in [3.05, 3.63) is 17.5 Å². The Morgan fingerprint density at radius 1 is 1.25 bits per heavy atom. The van der Waals surface area contributed by atoms with E-state index in [1.807, 2.05) is 0 Å². The first-order valence-electron chi connectivity index (χ1n) is 7.75. The van der Waals surface area contributed by atoms with Crippen molar-refractivity contribution >= 4 is 11.8 Å². The number of aromatic nitrogens is 2. The maximum Gasteiger partial charge on any atom is 0.435 e. The molecule has 3 heterocycles. The van der Waals surface area contributed by atoms with E-state index in [-0.39, 0.29) is 11.3 Å². The van der Waals surface area contributed by atoms with Crippen LogP contribution in [-0.2, 0) is 18.0 Å². The molecule has 9 heteroatoms. The maximum absolute atomic E-state index is 13.0. The zero-order valence-corrected chi connectivity index (χ0v) is 13.6. The fraction of sp³-hybridized carbons (Fsp3) is 0.667. The molecule has 0 unspecified atom stereocenters. The Labute approximate surface area is 137 Å². The average Bonchev–Trinajstić information content (AvgIpc) is 3.00. The van der Waals surface area contributed by atoms with E-state index < -0.39 is 23.3 Å². The number of nitrogens with zero attached hydrogens (tertiary/aromatic N) is 4. The molecule has 0 aromatic carbocycles. The monoisotopic (exact) mass is 344 g/mol. The van der Waals surface area contributed by atoms with Gasteiger partial charge in [0.25, 0.3) is 5.91 Å². The van der Waals surface area contributed by atoms with Crippen LogP contribution in [0.25, 0.3) is 0 Å². The second kappa shape index (κ2) is 5.49. The van der Waals surface area contributed by atoms with E-state index in [4.69, 9.17) is 0 Å². The van der Waals surface area contributed by atoms with Crippen LogP contribution in [0.15, 0.2) is 6.20 Å². The van der Waals surface area contributed by atoms with Crippen LogP contribution in [0.4, 0.5) is 13.2 Å².